The summed E-state index contributed by atoms with van der Waals surface area (Å²) in [5.74, 6) is 0. The highest BCUT2D eigenvalue weighted by molar-refractivity contribution is 6.35. The Labute approximate surface area is 172 Å². The normalized spacial score (nSPS) is 12.0. The molecule has 0 aliphatic carbocycles. The van der Waals surface area contributed by atoms with E-state index in [4.69, 9.17) is 4.42 Å². The van der Waals surface area contributed by atoms with E-state index in [1.807, 2.05) is 6.07 Å². The molecule has 2 aromatic heterocycles. The molecule has 0 aliphatic rings. The quantitative estimate of drug-likeness (QED) is 0.282. The lowest BCUT2D eigenvalue weighted by atomic mass is 9.99. The summed E-state index contributed by atoms with van der Waals surface area (Å²) in [4.78, 5) is 0. The standard InChI is InChI=1S/C28H17NO/c1-2-10-18(11-3-1)29-23-16-8-6-14-21(23)25-26-22-15-7-9-17-24(22)30-28(26)20-13-5-4-12-19(20)27(25)29/h1-17H. The number of rotatable bonds is 1. The average molecular weight is 383 g/mol. The van der Waals surface area contributed by atoms with Gasteiger partial charge in [-0.05, 0) is 24.3 Å². The molecule has 30 heavy (non-hydrogen) atoms. The number of hydrogen-bond donors (Lipinski definition) is 0. The van der Waals surface area contributed by atoms with Crippen LogP contribution in [-0.4, -0.2) is 4.57 Å². The van der Waals surface area contributed by atoms with Crippen LogP contribution in [0.25, 0.3) is 60.2 Å². The fraction of sp³-hybridized carbons (Fsp3) is 0. The maximum absolute atomic E-state index is 6.43. The fourth-order valence-corrected chi connectivity index (χ4v) is 4.96. The number of fused-ring (bicyclic) bond motifs is 10. The summed E-state index contributed by atoms with van der Waals surface area (Å²) in [6, 6.07) is 36.3. The molecule has 0 unspecified atom stereocenters. The predicted molar refractivity (Wildman–Crippen MR) is 126 cm³/mol. The van der Waals surface area contributed by atoms with Crippen LogP contribution in [0.15, 0.2) is 108 Å². The Morgan fingerprint density at radius 3 is 1.97 bits per heavy atom. The van der Waals surface area contributed by atoms with Crippen LogP contribution in [0.1, 0.15) is 0 Å². The van der Waals surface area contributed by atoms with E-state index in [1.54, 1.807) is 0 Å². The Kier molecular flexibility index (Phi) is 3.03. The van der Waals surface area contributed by atoms with Crippen LogP contribution in [0.3, 0.4) is 0 Å². The lowest BCUT2D eigenvalue weighted by Crippen LogP contribution is -1.94. The van der Waals surface area contributed by atoms with E-state index in [0.29, 0.717) is 0 Å². The van der Waals surface area contributed by atoms with Gasteiger partial charge in [0.25, 0.3) is 0 Å². The first kappa shape index (κ1) is 15.8. The van der Waals surface area contributed by atoms with E-state index < -0.39 is 0 Å². The molecule has 5 aromatic carbocycles. The molecule has 140 valence electrons. The van der Waals surface area contributed by atoms with Gasteiger partial charge in [-0.2, -0.15) is 0 Å². The van der Waals surface area contributed by atoms with Crippen molar-refractivity contribution in [2.24, 2.45) is 0 Å². The zero-order valence-electron chi connectivity index (χ0n) is 16.2. The molecule has 0 bridgehead atoms. The van der Waals surface area contributed by atoms with Crippen molar-refractivity contribution in [3.8, 4) is 5.69 Å². The molecule has 2 heteroatoms. The van der Waals surface area contributed by atoms with Gasteiger partial charge in [0.05, 0.1) is 11.0 Å². The first-order valence-corrected chi connectivity index (χ1v) is 10.2. The number of hydrogen-bond acceptors (Lipinski definition) is 1. The van der Waals surface area contributed by atoms with E-state index in [2.05, 4.69) is 102 Å². The molecular weight excluding hydrogens is 366 g/mol. The van der Waals surface area contributed by atoms with Crippen molar-refractivity contribution in [2.75, 3.05) is 0 Å². The van der Waals surface area contributed by atoms with Gasteiger partial charge in [-0.15, -0.1) is 0 Å². The van der Waals surface area contributed by atoms with Crippen molar-refractivity contribution in [2.45, 2.75) is 0 Å². The lowest BCUT2D eigenvalue weighted by Gasteiger charge is -2.10. The number of benzene rings is 5. The van der Waals surface area contributed by atoms with Crippen LogP contribution in [-0.2, 0) is 0 Å². The number of para-hydroxylation sites is 3. The van der Waals surface area contributed by atoms with E-state index >= 15 is 0 Å². The molecule has 0 amide bonds. The van der Waals surface area contributed by atoms with Gasteiger partial charge >= 0.3 is 0 Å². The highest BCUT2D eigenvalue weighted by Gasteiger charge is 2.22. The molecule has 2 nitrogen and oxygen atoms in total. The van der Waals surface area contributed by atoms with Gasteiger partial charge in [-0.3, -0.25) is 0 Å². The molecule has 7 rings (SSSR count). The second kappa shape index (κ2) is 5.74. The second-order valence-corrected chi connectivity index (χ2v) is 7.76. The van der Waals surface area contributed by atoms with Crippen LogP contribution in [0, 0.1) is 0 Å². The zero-order chi connectivity index (χ0) is 19.7. The predicted octanol–water partition coefficient (Wildman–Crippen LogP) is 7.84. The van der Waals surface area contributed by atoms with Crippen LogP contribution in [0.5, 0.6) is 0 Å². The molecule has 0 spiro atoms. The largest absolute Gasteiger partial charge is 0.455 e. The maximum Gasteiger partial charge on any atom is 0.144 e. The number of aromatic nitrogens is 1. The molecule has 0 fully saturated rings. The molecule has 0 saturated heterocycles. The second-order valence-electron chi connectivity index (χ2n) is 7.76. The van der Waals surface area contributed by atoms with E-state index in [-0.39, 0.29) is 0 Å². The Balaban J connectivity index is 1.90. The van der Waals surface area contributed by atoms with E-state index in [1.165, 1.54) is 43.7 Å². The summed E-state index contributed by atoms with van der Waals surface area (Å²) in [5.41, 5.74) is 5.51. The van der Waals surface area contributed by atoms with Crippen molar-refractivity contribution >= 4 is 54.5 Å². The third-order valence-electron chi connectivity index (χ3n) is 6.16. The Bertz CT molecular complexity index is 1740. The topological polar surface area (TPSA) is 18.1 Å². The van der Waals surface area contributed by atoms with Crippen molar-refractivity contribution in [3.05, 3.63) is 103 Å². The van der Waals surface area contributed by atoms with Crippen molar-refractivity contribution in [1.29, 1.82) is 0 Å². The average Bonchev–Trinajstić information content (AvgIpc) is 3.36. The van der Waals surface area contributed by atoms with E-state index in [9.17, 15) is 0 Å². The molecule has 7 aromatic rings. The summed E-state index contributed by atoms with van der Waals surface area (Å²) in [6.45, 7) is 0. The third kappa shape index (κ3) is 1.93. The molecule has 2 heterocycles. The monoisotopic (exact) mass is 383 g/mol. The molecule has 0 atom stereocenters. The van der Waals surface area contributed by atoms with Crippen LogP contribution < -0.4 is 0 Å². The summed E-state index contributed by atoms with van der Waals surface area (Å²) in [5, 5.41) is 7.23. The Hall–Kier alpha value is -4.04. The van der Waals surface area contributed by atoms with Crippen molar-refractivity contribution in [1.82, 2.24) is 4.57 Å². The molecular formula is C28H17NO. The molecule has 0 aliphatic heterocycles. The summed E-state index contributed by atoms with van der Waals surface area (Å²) < 4.78 is 8.83. The highest BCUT2D eigenvalue weighted by Crippen LogP contribution is 2.45. The number of nitrogens with zero attached hydrogens (tertiary/aromatic N) is 1. The molecule has 0 N–H and O–H groups in total. The summed E-state index contributed by atoms with van der Waals surface area (Å²) in [6.07, 6.45) is 0. The van der Waals surface area contributed by atoms with Gasteiger partial charge < -0.3 is 8.98 Å². The van der Waals surface area contributed by atoms with Crippen LogP contribution in [0.4, 0.5) is 0 Å². The van der Waals surface area contributed by atoms with Crippen LogP contribution >= 0.6 is 0 Å². The first-order valence-electron chi connectivity index (χ1n) is 10.2. The van der Waals surface area contributed by atoms with E-state index in [0.717, 1.165) is 16.6 Å². The summed E-state index contributed by atoms with van der Waals surface area (Å²) >= 11 is 0. The minimum absolute atomic E-state index is 0.932. The summed E-state index contributed by atoms with van der Waals surface area (Å²) in [7, 11) is 0. The Morgan fingerprint density at radius 2 is 1.13 bits per heavy atom. The molecule has 0 radical (unpaired) electrons. The zero-order valence-corrected chi connectivity index (χ0v) is 16.2. The fourth-order valence-electron chi connectivity index (χ4n) is 4.96. The van der Waals surface area contributed by atoms with Gasteiger partial charge in [0.2, 0.25) is 0 Å². The Morgan fingerprint density at radius 1 is 0.500 bits per heavy atom. The highest BCUT2D eigenvalue weighted by atomic mass is 16.3. The first-order chi connectivity index (χ1) is 14.9. The molecule has 0 saturated carbocycles. The smallest absolute Gasteiger partial charge is 0.144 e. The SMILES string of the molecule is c1ccc(-n2c3ccccc3c3c4c5ccccc5oc4c4ccccc4c32)cc1. The van der Waals surface area contributed by atoms with Gasteiger partial charge in [0, 0.05) is 38.0 Å². The van der Waals surface area contributed by atoms with Crippen LogP contribution in [0.2, 0.25) is 0 Å². The maximum atomic E-state index is 6.43. The van der Waals surface area contributed by atoms with Gasteiger partial charge in [0.1, 0.15) is 11.2 Å². The lowest BCUT2D eigenvalue weighted by molar-refractivity contribution is 0.673. The van der Waals surface area contributed by atoms with Gasteiger partial charge in [-0.1, -0.05) is 78.9 Å². The van der Waals surface area contributed by atoms with Crippen molar-refractivity contribution < 1.29 is 4.42 Å². The van der Waals surface area contributed by atoms with Gasteiger partial charge in [0.15, 0.2) is 0 Å². The van der Waals surface area contributed by atoms with Gasteiger partial charge in [-0.25, -0.2) is 0 Å². The minimum Gasteiger partial charge on any atom is -0.455 e. The third-order valence-corrected chi connectivity index (χ3v) is 6.16. The van der Waals surface area contributed by atoms with Crippen molar-refractivity contribution in [3.63, 3.8) is 0 Å². The minimum atomic E-state index is 0.932. The number of furan rings is 1.